The third-order valence-corrected chi connectivity index (χ3v) is 4.41. The number of rotatable bonds is 2. The van der Waals surface area contributed by atoms with Crippen LogP contribution in [0.15, 0.2) is 24.3 Å². The Morgan fingerprint density at radius 1 is 1.45 bits per heavy atom. The molecular formula is C16H22N2O2. The van der Waals surface area contributed by atoms with Crippen LogP contribution < -0.4 is 15.4 Å². The second-order valence-electron chi connectivity index (χ2n) is 6.04. The fraction of sp³-hybridized carbons (Fsp3) is 0.562. The molecule has 1 fully saturated rings. The molecule has 0 bridgehead atoms. The molecule has 0 saturated carbocycles. The van der Waals surface area contributed by atoms with Crippen molar-refractivity contribution < 1.29 is 9.53 Å². The smallest absolute Gasteiger partial charge is 0.227 e. The Kier molecular flexibility index (Phi) is 3.66. The molecule has 0 aliphatic carbocycles. The number of nitrogens with one attached hydrogen (secondary N) is 2. The van der Waals surface area contributed by atoms with Gasteiger partial charge in [0, 0.05) is 18.5 Å². The summed E-state index contributed by atoms with van der Waals surface area (Å²) >= 11 is 0. The quantitative estimate of drug-likeness (QED) is 0.867. The maximum absolute atomic E-state index is 12.6. The molecule has 2 aliphatic heterocycles. The van der Waals surface area contributed by atoms with Crippen LogP contribution in [0.3, 0.4) is 0 Å². The fourth-order valence-electron chi connectivity index (χ4n) is 3.07. The molecule has 3 rings (SSSR count). The van der Waals surface area contributed by atoms with Gasteiger partial charge < -0.3 is 15.4 Å². The van der Waals surface area contributed by atoms with Gasteiger partial charge in [-0.2, -0.15) is 0 Å². The number of benzene rings is 1. The van der Waals surface area contributed by atoms with Crippen molar-refractivity contribution in [2.75, 3.05) is 19.7 Å². The molecule has 2 aliphatic rings. The minimum Gasteiger partial charge on any atom is -0.493 e. The first-order valence-corrected chi connectivity index (χ1v) is 7.42. The van der Waals surface area contributed by atoms with Crippen molar-refractivity contribution in [1.29, 1.82) is 0 Å². The molecule has 20 heavy (non-hydrogen) atoms. The SMILES string of the molecule is CC1(C(=O)NC2CCOc3ccccc32)CCCNC1. The minimum atomic E-state index is -0.286. The highest BCUT2D eigenvalue weighted by Gasteiger charge is 2.36. The molecule has 0 aromatic heterocycles. The van der Waals surface area contributed by atoms with E-state index in [0.29, 0.717) is 6.61 Å². The molecule has 2 heterocycles. The Morgan fingerprint density at radius 3 is 3.10 bits per heavy atom. The molecule has 1 amide bonds. The first-order valence-electron chi connectivity index (χ1n) is 7.42. The molecule has 0 radical (unpaired) electrons. The van der Waals surface area contributed by atoms with Gasteiger partial charge in [-0.3, -0.25) is 4.79 Å². The van der Waals surface area contributed by atoms with Crippen LogP contribution >= 0.6 is 0 Å². The molecule has 0 spiro atoms. The largest absolute Gasteiger partial charge is 0.493 e. The number of hydrogen-bond acceptors (Lipinski definition) is 3. The molecule has 2 unspecified atom stereocenters. The van der Waals surface area contributed by atoms with Crippen molar-refractivity contribution in [2.24, 2.45) is 5.41 Å². The lowest BCUT2D eigenvalue weighted by Gasteiger charge is -2.35. The summed E-state index contributed by atoms with van der Waals surface area (Å²) < 4.78 is 5.64. The standard InChI is InChI=1S/C16H22N2O2/c1-16(8-4-9-17-11-16)15(19)18-13-7-10-20-14-6-3-2-5-12(13)14/h2-3,5-6,13,17H,4,7-11H2,1H3,(H,18,19). The van der Waals surface area contributed by atoms with E-state index in [1.165, 1.54) is 0 Å². The van der Waals surface area contributed by atoms with Gasteiger partial charge in [0.05, 0.1) is 18.1 Å². The first-order chi connectivity index (χ1) is 9.69. The Balaban J connectivity index is 1.74. The second-order valence-corrected chi connectivity index (χ2v) is 6.04. The van der Waals surface area contributed by atoms with Gasteiger partial charge in [-0.25, -0.2) is 0 Å². The number of para-hydroxylation sites is 1. The van der Waals surface area contributed by atoms with E-state index in [0.717, 1.165) is 43.7 Å². The van der Waals surface area contributed by atoms with Crippen molar-refractivity contribution in [2.45, 2.75) is 32.2 Å². The van der Waals surface area contributed by atoms with Crippen LogP contribution in [0, 0.1) is 5.41 Å². The summed E-state index contributed by atoms with van der Waals surface area (Å²) in [7, 11) is 0. The van der Waals surface area contributed by atoms with Gasteiger partial charge in [0.15, 0.2) is 0 Å². The summed E-state index contributed by atoms with van der Waals surface area (Å²) in [5, 5.41) is 6.55. The van der Waals surface area contributed by atoms with Crippen molar-refractivity contribution in [1.82, 2.24) is 10.6 Å². The average Bonchev–Trinajstić information content (AvgIpc) is 2.48. The van der Waals surface area contributed by atoms with Crippen LogP contribution in [0.25, 0.3) is 0 Å². The van der Waals surface area contributed by atoms with Crippen LogP contribution in [0.2, 0.25) is 0 Å². The normalized spacial score (nSPS) is 29.1. The van der Waals surface area contributed by atoms with Crippen molar-refractivity contribution >= 4 is 5.91 Å². The van der Waals surface area contributed by atoms with E-state index in [1.54, 1.807) is 0 Å². The average molecular weight is 274 g/mol. The van der Waals surface area contributed by atoms with E-state index >= 15 is 0 Å². The highest BCUT2D eigenvalue weighted by atomic mass is 16.5. The molecule has 1 aromatic carbocycles. The number of fused-ring (bicyclic) bond motifs is 1. The maximum Gasteiger partial charge on any atom is 0.227 e. The third-order valence-electron chi connectivity index (χ3n) is 4.41. The minimum absolute atomic E-state index is 0.0752. The molecule has 2 atom stereocenters. The highest BCUT2D eigenvalue weighted by Crippen LogP contribution is 2.33. The van der Waals surface area contributed by atoms with Crippen molar-refractivity contribution in [3.63, 3.8) is 0 Å². The summed E-state index contributed by atoms with van der Waals surface area (Å²) in [6.45, 7) is 4.50. The molecular weight excluding hydrogens is 252 g/mol. The summed E-state index contributed by atoms with van der Waals surface area (Å²) in [6, 6.07) is 8.05. The molecule has 2 N–H and O–H groups in total. The van der Waals surface area contributed by atoms with Crippen LogP contribution in [-0.2, 0) is 4.79 Å². The van der Waals surface area contributed by atoms with Gasteiger partial charge in [0.1, 0.15) is 5.75 Å². The summed E-state index contributed by atoms with van der Waals surface area (Å²) in [5.41, 5.74) is 0.811. The Morgan fingerprint density at radius 2 is 2.30 bits per heavy atom. The summed E-state index contributed by atoms with van der Waals surface area (Å²) in [6.07, 6.45) is 2.86. The fourth-order valence-corrected chi connectivity index (χ4v) is 3.07. The van der Waals surface area contributed by atoms with E-state index < -0.39 is 0 Å². The lowest BCUT2D eigenvalue weighted by atomic mass is 9.81. The van der Waals surface area contributed by atoms with E-state index in [9.17, 15) is 4.79 Å². The Hall–Kier alpha value is -1.55. The zero-order valence-electron chi connectivity index (χ0n) is 11.9. The summed E-state index contributed by atoms with van der Waals surface area (Å²) in [5.74, 6) is 1.06. The third kappa shape index (κ3) is 2.52. The number of carbonyl (C=O) groups is 1. The van der Waals surface area contributed by atoms with Gasteiger partial charge in [-0.15, -0.1) is 0 Å². The van der Waals surface area contributed by atoms with Gasteiger partial charge >= 0.3 is 0 Å². The van der Waals surface area contributed by atoms with Crippen LogP contribution in [0.1, 0.15) is 37.8 Å². The molecule has 4 heteroatoms. The van der Waals surface area contributed by atoms with Crippen molar-refractivity contribution in [3.8, 4) is 5.75 Å². The van der Waals surface area contributed by atoms with Crippen molar-refractivity contribution in [3.05, 3.63) is 29.8 Å². The van der Waals surface area contributed by atoms with Crippen LogP contribution in [-0.4, -0.2) is 25.6 Å². The zero-order valence-corrected chi connectivity index (χ0v) is 11.9. The van der Waals surface area contributed by atoms with Crippen LogP contribution in [0.4, 0.5) is 0 Å². The summed E-state index contributed by atoms with van der Waals surface area (Å²) in [4.78, 5) is 12.6. The number of hydrogen-bond donors (Lipinski definition) is 2. The lowest BCUT2D eigenvalue weighted by Crippen LogP contribution is -2.49. The van der Waals surface area contributed by atoms with E-state index in [2.05, 4.69) is 17.6 Å². The van der Waals surface area contributed by atoms with E-state index in [1.807, 2.05) is 24.3 Å². The zero-order chi connectivity index (χ0) is 14.0. The number of amides is 1. The van der Waals surface area contributed by atoms with E-state index in [4.69, 9.17) is 4.74 Å². The maximum atomic E-state index is 12.6. The van der Waals surface area contributed by atoms with Gasteiger partial charge in [0.2, 0.25) is 5.91 Å². The molecule has 4 nitrogen and oxygen atoms in total. The molecule has 1 aromatic rings. The predicted molar refractivity (Wildman–Crippen MR) is 77.6 cm³/mol. The monoisotopic (exact) mass is 274 g/mol. The Labute approximate surface area is 119 Å². The Bertz CT molecular complexity index is 495. The van der Waals surface area contributed by atoms with Gasteiger partial charge in [0.25, 0.3) is 0 Å². The second kappa shape index (κ2) is 5.44. The lowest BCUT2D eigenvalue weighted by molar-refractivity contribution is -0.132. The predicted octanol–water partition coefficient (Wildman–Crippen LogP) is 2.02. The number of ether oxygens (including phenoxy) is 1. The number of carbonyl (C=O) groups excluding carboxylic acids is 1. The molecule has 108 valence electrons. The first kappa shape index (κ1) is 13.4. The van der Waals surface area contributed by atoms with Gasteiger partial charge in [-0.05, 0) is 32.4 Å². The van der Waals surface area contributed by atoms with Gasteiger partial charge in [-0.1, -0.05) is 18.2 Å². The highest BCUT2D eigenvalue weighted by molar-refractivity contribution is 5.83. The molecule has 1 saturated heterocycles. The van der Waals surface area contributed by atoms with Crippen LogP contribution in [0.5, 0.6) is 5.75 Å². The number of piperidine rings is 1. The van der Waals surface area contributed by atoms with E-state index in [-0.39, 0.29) is 17.4 Å². The topological polar surface area (TPSA) is 50.4 Å².